The first kappa shape index (κ1) is 9.96. The van der Waals surface area contributed by atoms with E-state index in [0.717, 1.165) is 6.42 Å². The predicted molar refractivity (Wildman–Crippen MR) is 45.8 cm³/mol. The average molecular weight is 174 g/mol. The Morgan fingerprint density at radius 2 is 2.00 bits per heavy atom. The molecule has 3 nitrogen and oxygen atoms in total. The van der Waals surface area contributed by atoms with Crippen molar-refractivity contribution in [2.24, 2.45) is 0 Å². The topological polar surface area (TPSA) is 38.7 Å². The summed E-state index contributed by atoms with van der Waals surface area (Å²) in [4.78, 5) is 0. The smallest absolute Gasteiger partial charge is 0.163 e. The lowest BCUT2D eigenvalue weighted by Gasteiger charge is -2.42. The largest absolute Gasteiger partial charge is 0.396 e. The first-order valence-electron chi connectivity index (χ1n) is 4.42. The second kappa shape index (κ2) is 3.32. The highest BCUT2D eigenvalue weighted by Gasteiger charge is 2.37. The summed E-state index contributed by atoms with van der Waals surface area (Å²) in [5.74, 6) is -0.498. The molecule has 1 heterocycles. The van der Waals surface area contributed by atoms with E-state index >= 15 is 0 Å². The van der Waals surface area contributed by atoms with Crippen molar-refractivity contribution in [1.82, 2.24) is 0 Å². The summed E-state index contributed by atoms with van der Waals surface area (Å²) in [5.41, 5.74) is -0.212. The van der Waals surface area contributed by atoms with Crippen molar-refractivity contribution < 1.29 is 14.6 Å². The Balaban J connectivity index is 2.55. The minimum absolute atomic E-state index is 0.173. The third-order valence-corrected chi connectivity index (χ3v) is 2.21. The van der Waals surface area contributed by atoms with Crippen LogP contribution in [0, 0.1) is 0 Å². The average Bonchev–Trinajstić information content (AvgIpc) is 1.83. The molecule has 0 aliphatic carbocycles. The minimum Gasteiger partial charge on any atom is -0.396 e. The number of ether oxygens (including phenoxy) is 2. The van der Waals surface area contributed by atoms with E-state index in [1.165, 1.54) is 0 Å². The molecule has 0 saturated carbocycles. The zero-order valence-electron chi connectivity index (χ0n) is 8.09. The van der Waals surface area contributed by atoms with Crippen molar-refractivity contribution in [2.45, 2.75) is 45.0 Å². The van der Waals surface area contributed by atoms with E-state index in [2.05, 4.69) is 0 Å². The van der Waals surface area contributed by atoms with Crippen LogP contribution in [0.15, 0.2) is 0 Å². The molecule has 1 unspecified atom stereocenters. The van der Waals surface area contributed by atoms with Crippen LogP contribution in [-0.2, 0) is 9.47 Å². The van der Waals surface area contributed by atoms with Crippen LogP contribution >= 0.6 is 0 Å². The van der Waals surface area contributed by atoms with E-state index < -0.39 is 5.79 Å². The number of aliphatic hydroxyl groups is 1. The standard InChI is InChI=1S/C9H18O3/c1-8(2)11-7-5-9(3,12-8)4-6-10/h10H,4-7H2,1-3H3. The van der Waals surface area contributed by atoms with E-state index in [1.807, 2.05) is 20.8 Å². The molecule has 0 aromatic rings. The van der Waals surface area contributed by atoms with E-state index in [0.29, 0.717) is 13.0 Å². The molecule has 1 N–H and O–H groups in total. The predicted octanol–water partition coefficient (Wildman–Crippen LogP) is 1.30. The lowest BCUT2D eigenvalue weighted by atomic mass is 9.97. The van der Waals surface area contributed by atoms with Crippen molar-refractivity contribution in [3.63, 3.8) is 0 Å². The highest BCUT2D eigenvalue weighted by atomic mass is 16.7. The van der Waals surface area contributed by atoms with Gasteiger partial charge in [0.25, 0.3) is 0 Å². The van der Waals surface area contributed by atoms with Gasteiger partial charge in [0.15, 0.2) is 5.79 Å². The van der Waals surface area contributed by atoms with Crippen molar-refractivity contribution in [3.05, 3.63) is 0 Å². The maximum Gasteiger partial charge on any atom is 0.163 e. The number of aliphatic hydroxyl groups excluding tert-OH is 1. The second-order valence-corrected chi connectivity index (χ2v) is 4.02. The van der Waals surface area contributed by atoms with Crippen molar-refractivity contribution >= 4 is 0 Å². The van der Waals surface area contributed by atoms with Gasteiger partial charge in [0.1, 0.15) is 0 Å². The zero-order valence-corrected chi connectivity index (χ0v) is 8.09. The van der Waals surface area contributed by atoms with Crippen LogP contribution in [0.25, 0.3) is 0 Å². The molecule has 0 bridgehead atoms. The van der Waals surface area contributed by atoms with Gasteiger partial charge in [0.2, 0.25) is 0 Å². The Labute approximate surface area is 73.7 Å². The van der Waals surface area contributed by atoms with Crippen LogP contribution in [-0.4, -0.2) is 29.7 Å². The molecule has 12 heavy (non-hydrogen) atoms. The number of rotatable bonds is 2. The Kier molecular flexibility index (Phi) is 2.76. The van der Waals surface area contributed by atoms with Crippen LogP contribution in [0.5, 0.6) is 0 Å². The van der Waals surface area contributed by atoms with Gasteiger partial charge >= 0.3 is 0 Å². The van der Waals surface area contributed by atoms with Gasteiger partial charge in [0.05, 0.1) is 12.2 Å². The van der Waals surface area contributed by atoms with Crippen LogP contribution in [0.3, 0.4) is 0 Å². The molecule has 0 aromatic carbocycles. The molecular weight excluding hydrogens is 156 g/mol. The summed E-state index contributed by atoms with van der Waals surface area (Å²) in [5, 5.41) is 8.83. The fourth-order valence-corrected chi connectivity index (χ4v) is 1.60. The highest BCUT2D eigenvalue weighted by Crippen LogP contribution is 2.32. The van der Waals surface area contributed by atoms with Crippen LogP contribution in [0.1, 0.15) is 33.6 Å². The lowest BCUT2D eigenvalue weighted by Crippen LogP contribution is -2.47. The summed E-state index contributed by atoms with van der Waals surface area (Å²) < 4.78 is 11.1. The number of hydrogen-bond donors (Lipinski definition) is 1. The minimum atomic E-state index is -0.498. The fraction of sp³-hybridized carbons (Fsp3) is 1.00. The monoisotopic (exact) mass is 174 g/mol. The molecule has 72 valence electrons. The van der Waals surface area contributed by atoms with Crippen LogP contribution in [0.2, 0.25) is 0 Å². The summed E-state index contributed by atoms with van der Waals surface area (Å²) >= 11 is 0. The Bertz CT molecular complexity index is 152. The van der Waals surface area contributed by atoms with Gasteiger partial charge in [-0.3, -0.25) is 0 Å². The van der Waals surface area contributed by atoms with Gasteiger partial charge in [-0.25, -0.2) is 0 Å². The summed E-state index contributed by atoms with van der Waals surface area (Å²) in [6.45, 7) is 6.72. The molecule has 1 aliphatic heterocycles. The maximum atomic E-state index is 8.83. The van der Waals surface area contributed by atoms with Gasteiger partial charge in [-0.15, -0.1) is 0 Å². The molecule has 0 amide bonds. The van der Waals surface area contributed by atoms with Gasteiger partial charge in [-0.2, -0.15) is 0 Å². The summed E-state index contributed by atoms with van der Waals surface area (Å²) in [7, 11) is 0. The van der Waals surface area contributed by atoms with E-state index in [-0.39, 0.29) is 12.2 Å². The van der Waals surface area contributed by atoms with Gasteiger partial charge in [-0.05, 0) is 33.6 Å². The second-order valence-electron chi connectivity index (χ2n) is 4.02. The number of hydrogen-bond acceptors (Lipinski definition) is 3. The third kappa shape index (κ3) is 2.44. The normalized spacial score (nSPS) is 35.0. The van der Waals surface area contributed by atoms with Gasteiger partial charge in [-0.1, -0.05) is 0 Å². The molecular formula is C9H18O3. The summed E-state index contributed by atoms with van der Waals surface area (Å²) in [6, 6.07) is 0. The van der Waals surface area contributed by atoms with Gasteiger partial charge in [0, 0.05) is 6.61 Å². The molecule has 0 spiro atoms. The molecule has 1 fully saturated rings. The van der Waals surface area contributed by atoms with Crippen molar-refractivity contribution in [1.29, 1.82) is 0 Å². The maximum absolute atomic E-state index is 8.83. The molecule has 3 heteroatoms. The van der Waals surface area contributed by atoms with Crippen molar-refractivity contribution in [3.8, 4) is 0 Å². The van der Waals surface area contributed by atoms with Crippen molar-refractivity contribution in [2.75, 3.05) is 13.2 Å². The highest BCUT2D eigenvalue weighted by molar-refractivity contribution is 4.80. The first-order chi connectivity index (χ1) is 5.47. The molecule has 1 rings (SSSR count). The molecule has 1 atom stereocenters. The first-order valence-corrected chi connectivity index (χ1v) is 4.42. The third-order valence-electron chi connectivity index (χ3n) is 2.21. The zero-order chi connectivity index (χ0) is 9.24. The SMILES string of the molecule is CC1(CCO)CCOC(C)(C)O1. The molecule has 0 aromatic heterocycles. The Morgan fingerprint density at radius 1 is 1.33 bits per heavy atom. The van der Waals surface area contributed by atoms with E-state index in [1.54, 1.807) is 0 Å². The molecule has 1 aliphatic rings. The fourth-order valence-electron chi connectivity index (χ4n) is 1.60. The van der Waals surface area contributed by atoms with E-state index in [9.17, 15) is 0 Å². The van der Waals surface area contributed by atoms with Crippen LogP contribution < -0.4 is 0 Å². The van der Waals surface area contributed by atoms with Gasteiger partial charge < -0.3 is 14.6 Å². The van der Waals surface area contributed by atoms with Crippen LogP contribution in [0.4, 0.5) is 0 Å². The van der Waals surface area contributed by atoms with E-state index in [4.69, 9.17) is 14.6 Å². The Morgan fingerprint density at radius 3 is 2.50 bits per heavy atom. The molecule has 1 saturated heterocycles. The Hall–Kier alpha value is -0.120. The molecule has 0 radical (unpaired) electrons. The quantitative estimate of drug-likeness (QED) is 0.685. The summed E-state index contributed by atoms with van der Waals surface area (Å²) in [6.07, 6.45) is 1.54. The lowest BCUT2D eigenvalue weighted by molar-refractivity contribution is -0.308.